The smallest absolute Gasteiger partial charge is 0.424 e. The number of anilines is 1. The van der Waals surface area contributed by atoms with Gasteiger partial charge in [0.05, 0.1) is 10.6 Å². The van der Waals surface area contributed by atoms with Gasteiger partial charge in [-0.1, -0.05) is 69.6 Å². The number of carbonyl (C=O) groups is 2. The monoisotopic (exact) mass is 486 g/mol. The number of rotatable bonds is 4. The highest BCUT2D eigenvalue weighted by atomic mass is 35.6. The van der Waals surface area contributed by atoms with E-state index in [1.165, 1.54) is 0 Å². The van der Waals surface area contributed by atoms with E-state index in [0.717, 1.165) is 24.3 Å². The van der Waals surface area contributed by atoms with E-state index in [1.54, 1.807) is 0 Å². The number of nitrogens with zero attached hydrogens (tertiary/aromatic N) is 2. The molecule has 0 aliphatic rings. The average Bonchev–Trinajstić information content (AvgIpc) is 2.50. The van der Waals surface area contributed by atoms with E-state index in [4.69, 9.17) is 79.1 Å². The molecule has 0 aliphatic heterocycles. The van der Waals surface area contributed by atoms with Crippen LogP contribution in [0.15, 0.2) is 24.3 Å². The second kappa shape index (κ2) is 9.34. The number of hydrogen-bond acceptors (Lipinski definition) is 6. The van der Waals surface area contributed by atoms with Crippen molar-refractivity contribution < 1.29 is 24.0 Å². The van der Waals surface area contributed by atoms with Crippen molar-refractivity contribution in [1.29, 1.82) is 0 Å². The number of amides is 2. The largest absolute Gasteiger partial charge is 0.444 e. The zero-order valence-electron chi connectivity index (χ0n) is 12.3. The second-order valence-corrected chi connectivity index (χ2v) is 9.48. The van der Waals surface area contributed by atoms with Gasteiger partial charge in [-0.05, 0) is 12.1 Å². The number of imide groups is 1. The Hall–Kier alpha value is -0.900. The lowest BCUT2D eigenvalue weighted by atomic mass is 10.2. The van der Waals surface area contributed by atoms with Crippen molar-refractivity contribution in [3.8, 4) is 0 Å². The van der Waals surface area contributed by atoms with E-state index in [2.05, 4.69) is 0 Å². The van der Waals surface area contributed by atoms with Crippen LogP contribution in [0.3, 0.4) is 0 Å². The molecule has 8 nitrogen and oxygen atoms in total. The molecule has 1 aromatic rings. The number of benzene rings is 1. The predicted molar refractivity (Wildman–Crippen MR) is 98.9 cm³/mol. The molecule has 0 saturated carbocycles. The molecule has 144 valence electrons. The number of nitro benzene ring substituents is 1. The molecule has 0 bridgehead atoms. The fourth-order valence-corrected chi connectivity index (χ4v) is 1.75. The summed E-state index contributed by atoms with van der Waals surface area (Å²) < 4.78 is 5.56. The molecule has 0 aromatic heterocycles. The topological polar surface area (TPSA) is 99.0 Å². The van der Waals surface area contributed by atoms with E-state index in [1.807, 2.05) is 0 Å². The summed E-state index contributed by atoms with van der Waals surface area (Å²) in [5.74, 6) is 0. The van der Waals surface area contributed by atoms with Crippen molar-refractivity contribution in [2.24, 2.45) is 0 Å². The van der Waals surface area contributed by atoms with Crippen LogP contribution >= 0.6 is 69.6 Å². The molecule has 0 saturated heterocycles. The van der Waals surface area contributed by atoms with Gasteiger partial charge in [0.15, 0.2) is 0 Å². The summed E-state index contributed by atoms with van der Waals surface area (Å²) in [6.45, 7) is -1.37. The number of alkyl halides is 6. The van der Waals surface area contributed by atoms with Gasteiger partial charge in [-0.3, -0.25) is 10.1 Å². The zero-order chi connectivity index (χ0) is 20.1. The highest BCUT2D eigenvalue weighted by molar-refractivity contribution is 6.68. The molecule has 14 heteroatoms. The number of non-ortho nitro benzene ring substituents is 1. The molecule has 0 aliphatic carbocycles. The minimum absolute atomic E-state index is 0.126. The van der Waals surface area contributed by atoms with Gasteiger partial charge >= 0.3 is 12.2 Å². The van der Waals surface area contributed by atoms with Crippen molar-refractivity contribution >= 4 is 93.2 Å². The van der Waals surface area contributed by atoms with Crippen LogP contribution in [-0.4, -0.2) is 37.9 Å². The van der Waals surface area contributed by atoms with Crippen LogP contribution in [0.4, 0.5) is 21.0 Å². The third kappa shape index (κ3) is 8.20. The Balaban J connectivity index is 3.05. The van der Waals surface area contributed by atoms with Crippen molar-refractivity contribution in [3.05, 3.63) is 34.4 Å². The average molecular weight is 489 g/mol. The first-order chi connectivity index (χ1) is 11.8. The standard InChI is InChI=1S/C12H8Cl6N2O6/c13-11(14,15)5-25-9(21)19(10(22)26-6-12(16,17)18)7-1-3-8(4-2-7)20(23)24/h1-4H,5-6H2. The first kappa shape index (κ1) is 23.1. The molecular formula is C12H8Cl6N2O6. The van der Waals surface area contributed by atoms with Gasteiger partial charge in [0.25, 0.3) is 5.69 Å². The van der Waals surface area contributed by atoms with Gasteiger partial charge in [0.2, 0.25) is 7.59 Å². The summed E-state index contributed by atoms with van der Waals surface area (Å²) in [6, 6.07) is 4.30. The van der Waals surface area contributed by atoms with Gasteiger partial charge in [-0.15, -0.1) is 0 Å². The summed E-state index contributed by atoms with van der Waals surface area (Å²) in [5, 5.41) is 10.7. The maximum absolute atomic E-state index is 12.2. The maximum Gasteiger partial charge on any atom is 0.424 e. The summed E-state index contributed by atoms with van der Waals surface area (Å²) in [6.07, 6.45) is -2.56. The van der Waals surface area contributed by atoms with Crippen LogP contribution in [0.2, 0.25) is 0 Å². The minimum atomic E-state index is -1.93. The third-order valence-corrected chi connectivity index (χ3v) is 3.06. The summed E-state index contributed by atoms with van der Waals surface area (Å²) in [4.78, 5) is 34.7. The van der Waals surface area contributed by atoms with E-state index in [9.17, 15) is 19.7 Å². The first-order valence-electron chi connectivity index (χ1n) is 6.32. The van der Waals surface area contributed by atoms with Crippen molar-refractivity contribution in [3.63, 3.8) is 0 Å². The van der Waals surface area contributed by atoms with Crippen LogP contribution in [0.25, 0.3) is 0 Å². The van der Waals surface area contributed by atoms with Gasteiger partial charge in [-0.25, -0.2) is 9.59 Å². The van der Waals surface area contributed by atoms with Crippen LogP contribution < -0.4 is 4.90 Å². The van der Waals surface area contributed by atoms with Gasteiger partial charge in [-0.2, -0.15) is 4.90 Å². The fourth-order valence-electron chi connectivity index (χ4n) is 1.43. The van der Waals surface area contributed by atoms with E-state index in [-0.39, 0.29) is 11.4 Å². The molecule has 1 rings (SSSR count). The SMILES string of the molecule is O=C(OCC(Cl)(Cl)Cl)N(C(=O)OCC(Cl)(Cl)Cl)c1ccc([N+](=O)[O-])cc1. The summed E-state index contributed by atoms with van der Waals surface area (Å²) >= 11 is 32.9. The van der Waals surface area contributed by atoms with E-state index < -0.39 is 37.9 Å². The van der Waals surface area contributed by atoms with Crippen molar-refractivity contribution in [2.45, 2.75) is 7.59 Å². The first-order valence-corrected chi connectivity index (χ1v) is 8.58. The van der Waals surface area contributed by atoms with Crippen LogP contribution in [0, 0.1) is 10.1 Å². The Morgan fingerprint density at radius 3 is 1.62 bits per heavy atom. The van der Waals surface area contributed by atoms with Crippen LogP contribution in [-0.2, 0) is 9.47 Å². The summed E-state index contributed by atoms with van der Waals surface area (Å²) in [5.41, 5.74) is -0.405. The molecule has 0 fully saturated rings. The minimum Gasteiger partial charge on any atom is -0.444 e. The number of nitro groups is 1. The van der Waals surface area contributed by atoms with Gasteiger partial charge < -0.3 is 9.47 Å². The van der Waals surface area contributed by atoms with Gasteiger partial charge in [0, 0.05) is 12.1 Å². The van der Waals surface area contributed by atoms with Crippen molar-refractivity contribution in [2.75, 3.05) is 18.1 Å². The number of halogens is 6. The lowest BCUT2D eigenvalue weighted by molar-refractivity contribution is -0.384. The van der Waals surface area contributed by atoms with Gasteiger partial charge in [0.1, 0.15) is 13.2 Å². The molecule has 0 unspecified atom stereocenters. The highest BCUT2D eigenvalue weighted by Crippen LogP contribution is 2.29. The molecular weight excluding hydrogens is 481 g/mol. The van der Waals surface area contributed by atoms with Crippen LogP contribution in [0.1, 0.15) is 0 Å². The second-order valence-electron chi connectivity index (χ2n) is 4.45. The summed E-state index contributed by atoms with van der Waals surface area (Å²) in [7, 11) is 0. The Morgan fingerprint density at radius 2 is 1.31 bits per heavy atom. The Morgan fingerprint density at radius 1 is 0.923 bits per heavy atom. The molecule has 26 heavy (non-hydrogen) atoms. The van der Waals surface area contributed by atoms with Crippen LogP contribution in [0.5, 0.6) is 0 Å². The molecule has 0 atom stereocenters. The molecule has 0 spiro atoms. The Bertz CT molecular complexity index is 642. The normalized spacial score (nSPS) is 11.6. The van der Waals surface area contributed by atoms with E-state index in [0.29, 0.717) is 4.90 Å². The number of ether oxygens (including phenoxy) is 2. The third-order valence-electron chi connectivity index (χ3n) is 2.40. The van der Waals surface area contributed by atoms with Crippen molar-refractivity contribution in [1.82, 2.24) is 0 Å². The highest BCUT2D eigenvalue weighted by Gasteiger charge is 2.32. The maximum atomic E-state index is 12.2. The number of carbonyl (C=O) groups excluding carboxylic acids is 2. The molecule has 1 aromatic carbocycles. The lowest BCUT2D eigenvalue weighted by Crippen LogP contribution is -2.40. The Kier molecular flexibility index (Phi) is 8.32. The fraction of sp³-hybridized carbons (Fsp3) is 0.333. The predicted octanol–water partition coefficient (Wildman–Crippen LogP) is 5.41. The van der Waals surface area contributed by atoms with E-state index >= 15 is 0 Å². The molecule has 0 N–H and O–H groups in total. The quantitative estimate of drug-likeness (QED) is 0.319. The zero-order valence-corrected chi connectivity index (χ0v) is 16.9. The Labute approximate surface area is 176 Å². The number of hydrogen-bond donors (Lipinski definition) is 0. The molecule has 2 amide bonds. The molecule has 0 heterocycles. The lowest BCUT2D eigenvalue weighted by Gasteiger charge is -2.22. The molecule has 0 radical (unpaired) electrons.